The topological polar surface area (TPSA) is 67.8 Å². The predicted molar refractivity (Wildman–Crippen MR) is 88.3 cm³/mol. The second-order valence-corrected chi connectivity index (χ2v) is 6.24. The zero-order valence-electron chi connectivity index (χ0n) is 11.3. The molecule has 23 heavy (non-hydrogen) atoms. The molecule has 3 aromatic heterocycles. The Bertz CT molecular complexity index is 1190. The lowest BCUT2D eigenvalue weighted by molar-refractivity contribution is 0.627. The number of hydrogen-bond acceptors (Lipinski definition) is 4. The van der Waals surface area contributed by atoms with E-state index in [1.165, 1.54) is 23.5 Å². The van der Waals surface area contributed by atoms with E-state index in [2.05, 4.69) is 9.97 Å². The van der Waals surface area contributed by atoms with Crippen LogP contribution in [0.15, 0.2) is 46.1 Å². The number of pyridine rings is 1. The van der Waals surface area contributed by atoms with Gasteiger partial charge in [-0.25, -0.2) is 18.7 Å². The molecule has 0 atom stereocenters. The molecule has 0 fully saturated rings. The minimum absolute atomic E-state index is 0.160. The molecule has 0 spiro atoms. The van der Waals surface area contributed by atoms with Gasteiger partial charge in [-0.1, -0.05) is 11.6 Å². The van der Waals surface area contributed by atoms with Crippen molar-refractivity contribution in [3.63, 3.8) is 0 Å². The van der Waals surface area contributed by atoms with E-state index >= 15 is 0 Å². The Kier molecular flexibility index (Phi) is 3.07. The molecule has 0 bridgehead atoms. The summed E-state index contributed by atoms with van der Waals surface area (Å²) in [5, 5.41) is 0.554. The van der Waals surface area contributed by atoms with Crippen molar-refractivity contribution in [2.45, 2.75) is 0 Å². The van der Waals surface area contributed by atoms with E-state index in [0.717, 1.165) is 10.6 Å². The lowest BCUT2D eigenvalue weighted by Crippen LogP contribution is -2.33. The van der Waals surface area contributed by atoms with Crippen molar-refractivity contribution in [2.75, 3.05) is 0 Å². The fourth-order valence-electron chi connectivity index (χ4n) is 2.42. The highest BCUT2D eigenvalue weighted by molar-refractivity contribution is 7.25. The van der Waals surface area contributed by atoms with Crippen LogP contribution in [0.3, 0.4) is 0 Å². The Morgan fingerprint density at radius 3 is 2.87 bits per heavy atom. The van der Waals surface area contributed by atoms with Gasteiger partial charge < -0.3 is 4.98 Å². The van der Waals surface area contributed by atoms with Crippen LogP contribution in [0, 0.1) is 5.82 Å². The quantitative estimate of drug-likeness (QED) is 0.575. The van der Waals surface area contributed by atoms with Crippen LogP contribution in [0.5, 0.6) is 0 Å². The maximum Gasteiger partial charge on any atom is 0.333 e. The molecule has 4 aromatic rings. The largest absolute Gasteiger partial charge is 0.333 e. The summed E-state index contributed by atoms with van der Waals surface area (Å²) in [6.07, 6.45) is 1.62. The van der Waals surface area contributed by atoms with E-state index in [0.29, 0.717) is 20.4 Å². The zero-order chi connectivity index (χ0) is 16.1. The first-order valence-electron chi connectivity index (χ1n) is 6.54. The smallest absolute Gasteiger partial charge is 0.305 e. The van der Waals surface area contributed by atoms with Crippen LogP contribution in [0.25, 0.3) is 26.1 Å². The Morgan fingerprint density at radius 1 is 1.26 bits per heavy atom. The van der Waals surface area contributed by atoms with E-state index in [1.54, 1.807) is 18.3 Å². The van der Waals surface area contributed by atoms with Crippen molar-refractivity contribution in [1.82, 2.24) is 14.5 Å². The van der Waals surface area contributed by atoms with Crippen molar-refractivity contribution < 1.29 is 4.39 Å². The van der Waals surface area contributed by atoms with Gasteiger partial charge in [-0.3, -0.25) is 4.79 Å². The highest BCUT2D eigenvalue weighted by Crippen LogP contribution is 2.28. The summed E-state index contributed by atoms with van der Waals surface area (Å²) in [5.41, 5.74) is -0.448. The molecular formula is C15H7ClFN3O2S. The number of benzene rings is 1. The number of thiophene rings is 1. The maximum absolute atomic E-state index is 13.3. The first-order valence-corrected chi connectivity index (χ1v) is 7.73. The second-order valence-electron chi connectivity index (χ2n) is 4.83. The van der Waals surface area contributed by atoms with Gasteiger partial charge in [0, 0.05) is 11.6 Å². The summed E-state index contributed by atoms with van der Waals surface area (Å²) < 4.78 is 14.6. The summed E-state index contributed by atoms with van der Waals surface area (Å²) in [6.45, 7) is 0. The van der Waals surface area contributed by atoms with Crippen LogP contribution >= 0.6 is 22.9 Å². The van der Waals surface area contributed by atoms with Gasteiger partial charge in [0.25, 0.3) is 5.56 Å². The minimum atomic E-state index is -0.618. The molecule has 8 heteroatoms. The minimum Gasteiger partial charge on any atom is -0.305 e. The summed E-state index contributed by atoms with van der Waals surface area (Å²) >= 11 is 6.93. The third-order valence-electron chi connectivity index (χ3n) is 3.46. The molecule has 114 valence electrons. The van der Waals surface area contributed by atoms with Crippen molar-refractivity contribution in [3.05, 3.63) is 68.2 Å². The number of aromatic amines is 1. The van der Waals surface area contributed by atoms with E-state index in [-0.39, 0.29) is 10.7 Å². The van der Waals surface area contributed by atoms with E-state index in [4.69, 9.17) is 11.6 Å². The van der Waals surface area contributed by atoms with E-state index in [1.807, 2.05) is 0 Å². The Labute approximate surface area is 136 Å². The highest BCUT2D eigenvalue weighted by atomic mass is 35.5. The molecule has 0 aliphatic heterocycles. The Hall–Kier alpha value is -2.51. The summed E-state index contributed by atoms with van der Waals surface area (Å²) in [7, 11) is 0. The third kappa shape index (κ3) is 2.08. The molecule has 0 aliphatic rings. The number of aromatic nitrogens is 3. The van der Waals surface area contributed by atoms with Gasteiger partial charge in [-0.2, -0.15) is 0 Å². The van der Waals surface area contributed by atoms with Crippen LogP contribution in [0.1, 0.15) is 0 Å². The average molecular weight is 348 g/mol. The maximum atomic E-state index is 13.3. The number of H-pyrrole nitrogens is 1. The second kappa shape index (κ2) is 5.00. The fraction of sp³-hybridized carbons (Fsp3) is 0. The molecule has 0 saturated carbocycles. The molecule has 5 nitrogen and oxygen atoms in total. The molecule has 3 heterocycles. The molecule has 1 aromatic carbocycles. The number of nitrogens with one attached hydrogen (secondary N) is 1. The fourth-order valence-corrected chi connectivity index (χ4v) is 3.63. The molecule has 4 rings (SSSR count). The normalized spacial score (nSPS) is 11.4. The number of rotatable bonds is 1. The summed E-state index contributed by atoms with van der Waals surface area (Å²) in [5.74, 6) is -0.618. The van der Waals surface area contributed by atoms with Gasteiger partial charge >= 0.3 is 5.69 Å². The number of fused-ring (bicyclic) bond motifs is 3. The number of halogens is 2. The van der Waals surface area contributed by atoms with Crippen LogP contribution in [0.2, 0.25) is 5.02 Å². The Morgan fingerprint density at radius 2 is 2.09 bits per heavy atom. The van der Waals surface area contributed by atoms with Gasteiger partial charge in [0.1, 0.15) is 15.3 Å². The highest BCUT2D eigenvalue weighted by Gasteiger charge is 2.15. The third-order valence-corrected chi connectivity index (χ3v) is 4.85. The summed E-state index contributed by atoms with van der Waals surface area (Å²) in [6, 6.07) is 7.20. The first-order chi connectivity index (χ1) is 11.1. The lowest BCUT2D eigenvalue weighted by Gasteiger charge is -2.05. The van der Waals surface area contributed by atoms with E-state index < -0.39 is 17.1 Å². The van der Waals surface area contributed by atoms with Gasteiger partial charge in [-0.15, -0.1) is 11.3 Å². The van der Waals surface area contributed by atoms with Gasteiger partial charge in [0.2, 0.25) is 0 Å². The molecule has 0 aliphatic carbocycles. The standard InChI is InChI=1S/C15H7ClFN3O2S/c16-9-6-7(3-4-10(9)17)20-14(21)12-11(19-15(20)22)8-2-1-5-18-13(8)23-12/h1-6H,(H,19,22). The lowest BCUT2D eigenvalue weighted by atomic mass is 10.3. The van der Waals surface area contributed by atoms with Gasteiger partial charge in [-0.05, 0) is 30.3 Å². The predicted octanol–water partition coefficient (Wildman–Crippen LogP) is 3.08. The van der Waals surface area contributed by atoms with Crippen molar-refractivity contribution >= 4 is 43.4 Å². The van der Waals surface area contributed by atoms with Crippen molar-refractivity contribution in [3.8, 4) is 5.69 Å². The van der Waals surface area contributed by atoms with Crippen molar-refractivity contribution in [1.29, 1.82) is 0 Å². The molecule has 0 unspecified atom stereocenters. The number of hydrogen-bond donors (Lipinski definition) is 1. The SMILES string of the molecule is O=c1[nH]c2c(sc3ncccc32)c(=O)n1-c1ccc(F)c(Cl)c1. The van der Waals surface area contributed by atoms with Crippen LogP contribution < -0.4 is 11.2 Å². The molecule has 0 saturated heterocycles. The van der Waals surface area contributed by atoms with Crippen LogP contribution in [-0.4, -0.2) is 14.5 Å². The molecule has 0 radical (unpaired) electrons. The summed E-state index contributed by atoms with van der Waals surface area (Å²) in [4.78, 5) is 32.6. The van der Waals surface area contributed by atoms with Crippen molar-refractivity contribution in [2.24, 2.45) is 0 Å². The molecular weight excluding hydrogens is 341 g/mol. The first kappa shape index (κ1) is 14.1. The monoisotopic (exact) mass is 347 g/mol. The molecule has 1 N–H and O–H groups in total. The van der Waals surface area contributed by atoms with Gasteiger partial charge in [0.15, 0.2) is 0 Å². The van der Waals surface area contributed by atoms with E-state index in [9.17, 15) is 14.0 Å². The van der Waals surface area contributed by atoms with Crippen LogP contribution in [0.4, 0.5) is 4.39 Å². The molecule has 0 amide bonds. The zero-order valence-corrected chi connectivity index (χ0v) is 12.9. The number of nitrogens with zero attached hydrogens (tertiary/aromatic N) is 2. The van der Waals surface area contributed by atoms with Crippen LogP contribution in [-0.2, 0) is 0 Å². The van der Waals surface area contributed by atoms with Gasteiger partial charge in [0.05, 0.1) is 16.2 Å². The Balaban J connectivity index is 2.12. The average Bonchev–Trinajstić information content (AvgIpc) is 2.90.